The molecule has 1 saturated carbocycles. The molecule has 6 amide bonds. The summed E-state index contributed by atoms with van der Waals surface area (Å²) in [6.45, 7) is 2.02. The Bertz CT molecular complexity index is 1780. The molecule has 3 aliphatic heterocycles. The van der Waals surface area contributed by atoms with E-state index in [1.165, 1.54) is 36.1 Å². The summed E-state index contributed by atoms with van der Waals surface area (Å²) < 4.78 is 0. The molecule has 2 saturated heterocycles. The average Bonchev–Trinajstić information content (AvgIpc) is 3.73. The van der Waals surface area contributed by atoms with Crippen molar-refractivity contribution in [2.45, 2.75) is 119 Å². The zero-order valence-corrected chi connectivity index (χ0v) is 32.2. The van der Waals surface area contributed by atoms with Gasteiger partial charge in [0.05, 0.1) is 18.2 Å². The standard InChI is InChI=1S/C37H53N9O12/c1-16(47)27-36(57)46-15-21(50)14-25(46)34(55)44-29(32(53)31(52)18-3-5-20(49)6-4-18)35(56)43-28(22(39)9-11-38)37(58)45-12-10-19-13-24(30(19)45)41-26(51)8-7-23(33(54)42-27)40-17(2)48/h3-6,16,19,21,23,25-32,39,47,49-53H,7-15,38H2,1-2H3,(H,40,48)(H,42,54)(H,43,56)(H,44,55). The van der Waals surface area contributed by atoms with Crippen LogP contribution in [0, 0.1) is 11.3 Å². The van der Waals surface area contributed by atoms with Gasteiger partial charge in [0, 0.05) is 37.9 Å². The summed E-state index contributed by atoms with van der Waals surface area (Å²) in [5.74, 6) is -5.82. The number of benzene rings is 1. The van der Waals surface area contributed by atoms with Gasteiger partial charge in [-0.2, -0.15) is 0 Å². The van der Waals surface area contributed by atoms with Crippen molar-refractivity contribution < 1.29 is 59.4 Å². The predicted octanol–water partition coefficient (Wildman–Crippen LogP) is -4.37. The first-order valence-electron chi connectivity index (χ1n) is 19.2. The van der Waals surface area contributed by atoms with Crippen LogP contribution in [0.3, 0.4) is 0 Å². The molecule has 12 atom stereocenters. The van der Waals surface area contributed by atoms with E-state index in [0.717, 1.165) is 11.8 Å². The number of aromatic hydroxyl groups is 1. The summed E-state index contributed by atoms with van der Waals surface area (Å²) in [6, 6.07) is -4.00. The summed E-state index contributed by atoms with van der Waals surface area (Å²) in [5.41, 5.74) is 5.89. The molecule has 1 aromatic carbocycles. The number of carbonyl (C=O) groups excluding carboxylic acids is 6. The summed E-state index contributed by atoms with van der Waals surface area (Å²) in [4.78, 5) is 89.0. The minimum absolute atomic E-state index is 0.0153. The van der Waals surface area contributed by atoms with Crippen LogP contribution in [0.2, 0.25) is 0 Å². The highest BCUT2D eigenvalue weighted by atomic mass is 16.3. The minimum atomic E-state index is -2.15. The van der Waals surface area contributed by atoms with Crippen LogP contribution in [-0.4, -0.2) is 168 Å². The van der Waals surface area contributed by atoms with Crippen molar-refractivity contribution in [3.05, 3.63) is 29.8 Å². The molecule has 1 aromatic rings. The van der Waals surface area contributed by atoms with Gasteiger partial charge in [0.15, 0.2) is 0 Å². The Labute approximate surface area is 333 Å². The maximum atomic E-state index is 14.3. The van der Waals surface area contributed by atoms with Gasteiger partial charge < -0.3 is 72.8 Å². The fourth-order valence-corrected chi connectivity index (χ4v) is 7.94. The first kappa shape index (κ1) is 44.1. The van der Waals surface area contributed by atoms with E-state index >= 15 is 0 Å². The number of nitrogens with two attached hydrogens (primary N) is 1. The quantitative estimate of drug-likeness (QED) is 0.111. The molecular formula is C37H53N9O12. The Kier molecular flexibility index (Phi) is 14.2. The first-order valence-corrected chi connectivity index (χ1v) is 19.2. The molecule has 5 rings (SSSR count). The summed E-state index contributed by atoms with van der Waals surface area (Å²) >= 11 is 0. The Morgan fingerprint density at radius 3 is 2.26 bits per heavy atom. The van der Waals surface area contributed by atoms with Gasteiger partial charge in [0.2, 0.25) is 29.5 Å². The maximum absolute atomic E-state index is 14.3. The summed E-state index contributed by atoms with van der Waals surface area (Å²) in [7, 11) is 0. The SMILES string of the molecule is CC(=O)NC1CCC(O)N=C2CC3CCN(C(=O)C(C(=N)CCN)NC(=O)C(C(O)C(O)c4ccc(O)cc4)NC(=O)C4CC(O)CN4C(=O)C(C(C)O)NC1=O)C23. The van der Waals surface area contributed by atoms with Gasteiger partial charge in [-0.05, 0) is 69.2 Å². The molecular weight excluding hydrogens is 762 g/mol. The van der Waals surface area contributed by atoms with Gasteiger partial charge >= 0.3 is 0 Å². The molecule has 13 N–H and O–H groups in total. The van der Waals surface area contributed by atoms with Crippen molar-refractivity contribution in [2.24, 2.45) is 16.6 Å². The van der Waals surface area contributed by atoms with E-state index in [4.69, 9.17) is 11.1 Å². The van der Waals surface area contributed by atoms with Crippen LogP contribution in [-0.2, 0) is 28.8 Å². The number of phenolic OH excluding ortho intramolecular Hbond substituents is 1. The molecule has 1 aliphatic carbocycles. The van der Waals surface area contributed by atoms with E-state index in [-0.39, 0.29) is 55.3 Å². The van der Waals surface area contributed by atoms with Crippen molar-refractivity contribution in [3.8, 4) is 5.75 Å². The van der Waals surface area contributed by atoms with Gasteiger partial charge in [-0.15, -0.1) is 0 Å². The molecule has 12 unspecified atom stereocenters. The Balaban J connectivity index is 1.57. The number of aliphatic hydroxyl groups is 5. The normalized spacial score (nSPS) is 31.6. The molecule has 0 bridgehead atoms. The van der Waals surface area contributed by atoms with Crippen molar-refractivity contribution in [1.82, 2.24) is 31.1 Å². The first-order chi connectivity index (χ1) is 27.4. The van der Waals surface area contributed by atoms with Gasteiger partial charge in [-0.3, -0.25) is 33.8 Å². The monoisotopic (exact) mass is 815 g/mol. The van der Waals surface area contributed by atoms with Crippen molar-refractivity contribution in [3.63, 3.8) is 0 Å². The lowest BCUT2D eigenvalue weighted by molar-refractivity contribution is -0.146. The van der Waals surface area contributed by atoms with Gasteiger partial charge in [0.25, 0.3) is 5.91 Å². The molecule has 4 aliphatic rings. The lowest BCUT2D eigenvalue weighted by Gasteiger charge is -2.40. The maximum Gasteiger partial charge on any atom is 0.251 e. The van der Waals surface area contributed by atoms with E-state index < -0.39 is 115 Å². The highest BCUT2D eigenvalue weighted by molar-refractivity contribution is 6.11. The fourth-order valence-electron chi connectivity index (χ4n) is 7.94. The van der Waals surface area contributed by atoms with Gasteiger partial charge in [-0.25, -0.2) is 0 Å². The number of fused-ring (bicyclic) bond motifs is 1. The number of aliphatic imine (C=N–C) groups is 1. The number of phenols is 1. The molecule has 0 spiro atoms. The number of carbonyl (C=O) groups is 6. The zero-order chi connectivity index (χ0) is 42.6. The Hall–Kier alpha value is -5.06. The molecule has 0 radical (unpaired) electrons. The summed E-state index contributed by atoms with van der Waals surface area (Å²) in [6.07, 6.45) is -8.18. The van der Waals surface area contributed by atoms with E-state index in [2.05, 4.69) is 26.3 Å². The van der Waals surface area contributed by atoms with Gasteiger partial charge in [-0.1, -0.05) is 12.1 Å². The van der Waals surface area contributed by atoms with Crippen molar-refractivity contribution >= 4 is 46.9 Å². The lowest BCUT2D eigenvalue weighted by atomic mass is 9.78. The highest BCUT2D eigenvalue weighted by Gasteiger charge is 2.51. The van der Waals surface area contributed by atoms with E-state index in [1.807, 2.05) is 0 Å². The number of aliphatic hydroxyl groups excluding tert-OH is 5. The second-order valence-corrected chi connectivity index (χ2v) is 15.3. The van der Waals surface area contributed by atoms with Crippen LogP contribution < -0.4 is 27.0 Å². The second-order valence-electron chi connectivity index (χ2n) is 15.3. The smallest absolute Gasteiger partial charge is 0.251 e. The molecule has 3 fully saturated rings. The largest absolute Gasteiger partial charge is 0.508 e. The minimum Gasteiger partial charge on any atom is -0.508 e. The predicted molar refractivity (Wildman–Crippen MR) is 203 cm³/mol. The highest BCUT2D eigenvalue weighted by Crippen LogP contribution is 2.39. The van der Waals surface area contributed by atoms with Crippen LogP contribution in [0.1, 0.15) is 64.0 Å². The number of hydrogen-bond acceptors (Lipinski definition) is 15. The third-order valence-electron chi connectivity index (χ3n) is 11.0. The van der Waals surface area contributed by atoms with E-state index in [1.54, 1.807) is 0 Å². The zero-order valence-electron chi connectivity index (χ0n) is 32.2. The molecule has 58 heavy (non-hydrogen) atoms. The van der Waals surface area contributed by atoms with Gasteiger partial charge in [0.1, 0.15) is 54.4 Å². The van der Waals surface area contributed by atoms with E-state index in [0.29, 0.717) is 18.6 Å². The number of rotatable bonds is 8. The van der Waals surface area contributed by atoms with Crippen LogP contribution in [0.5, 0.6) is 5.75 Å². The van der Waals surface area contributed by atoms with Crippen LogP contribution in [0.25, 0.3) is 0 Å². The number of amides is 6. The van der Waals surface area contributed by atoms with E-state index in [9.17, 15) is 59.4 Å². The third kappa shape index (κ3) is 9.79. The second kappa shape index (κ2) is 18.7. The topological polar surface area (TPSA) is 341 Å². The number of hydrogen-bond donors (Lipinski definition) is 12. The number of nitrogens with zero attached hydrogens (tertiary/aromatic N) is 3. The lowest BCUT2D eigenvalue weighted by Crippen LogP contribution is -2.64. The molecule has 21 heteroatoms. The fraction of sp³-hybridized carbons (Fsp3) is 0.622. The summed E-state index contributed by atoms with van der Waals surface area (Å²) in [5, 5.41) is 83.3. The third-order valence-corrected chi connectivity index (χ3v) is 11.0. The molecule has 21 nitrogen and oxygen atoms in total. The molecule has 3 heterocycles. The molecule has 318 valence electrons. The Morgan fingerprint density at radius 2 is 1.62 bits per heavy atom. The van der Waals surface area contributed by atoms with Crippen molar-refractivity contribution in [1.29, 1.82) is 5.41 Å². The van der Waals surface area contributed by atoms with Crippen molar-refractivity contribution in [2.75, 3.05) is 19.6 Å². The molecule has 0 aromatic heterocycles. The average molecular weight is 816 g/mol. The Morgan fingerprint density at radius 1 is 0.948 bits per heavy atom. The van der Waals surface area contributed by atoms with Crippen LogP contribution in [0.15, 0.2) is 29.3 Å². The van der Waals surface area contributed by atoms with Crippen LogP contribution in [0.4, 0.5) is 0 Å². The van der Waals surface area contributed by atoms with Crippen LogP contribution >= 0.6 is 0 Å². The number of nitrogens with one attached hydrogen (secondary N) is 5.